The van der Waals surface area contributed by atoms with Gasteiger partial charge < -0.3 is 5.32 Å². The Morgan fingerprint density at radius 3 is 2.67 bits per heavy atom. The van der Waals surface area contributed by atoms with E-state index in [1.165, 1.54) is 25.7 Å². The first-order valence-electron chi connectivity index (χ1n) is 6.67. The average Bonchev–Trinajstić information content (AvgIpc) is 2.62. The third kappa shape index (κ3) is 3.57. The Morgan fingerprint density at radius 2 is 2.11 bits per heavy atom. The van der Waals surface area contributed by atoms with Crippen molar-refractivity contribution in [1.82, 2.24) is 15.1 Å². The van der Waals surface area contributed by atoms with Crippen molar-refractivity contribution in [1.29, 1.82) is 0 Å². The highest BCUT2D eigenvalue weighted by Crippen LogP contribution is 2.18. The first-order valence-corrected chi connectivity index (χ1v) is 7.46. The van der Waals surface area contributed by atoms with Crippen molar-refractivity contribution in [3.05, 3.63) is 16.9 Å². The predicted octanol–water partition coefficient (Wildman–Crippen LogP) is 3.05. The summed E-state index contributed by atoms with van der Waals surface area (Å²) in [4.78, 5) is 12.1. The summed E-state index contributed by atoms with van der Waals surface area (Å²) in [6.07, 6.45) is 10.8. The fourth-order valence-corrected chi connectivity index (χ4v) is 2.69. The van der Waals surface area contributed by atoms with Crippen LogP contribution in [0.3, 0.4) is 0 Å². The molecule has 0 aliphatic heterocycles. The Morgan fingerprint density at radius 1 is 1.44 bits per heavy atom. The molecule has 5 heteroatoms. The lowest BCUT2D eigenvalue weighted by Crippen LogP contribution is -2.38. The van der Waals surface area contributed by atoms with E-state index in [2.05, 4.69) is 26.3 Å². The average molecular weight is 314 g/mol. The highest BCUT2D eigenvalue weighted by Gasteiger charge is 2.20. The number of carbonyl (C=O) groups is 1. The molecule has 0 radical (unpaired) electrons. The second-order valence-electron chi connectivity index (χ2n) is 5.01. The zero-order valence-electron chi connectivity index (χ0n) is 10.7. The summed E-state index contributed by atoms with van der Waals surface area (Å²) >= 11 is 3.34. The van der Waals surface area contributed by atoms with Crippen molar-refractivity contribution in [3.63, 3.8) is 0 Å². The zero-order chi connectivity index (χ0) is 13.0. The van der Waals surface area contributed by atoms with Crippen LogP contribution >= 0.6 is 15.9 Å². The van der Waals surface area contributed by atoms with Gasteiger partial charge >= 0.3 is 0 Å². The largest absolute Gasteiger partial charge is 0.352 e. The van der Waals surface area contributed by atoms with Gasteiger partial charge in [0.1, 0.15) is 6.04 Å². The van der Waals surface area contributed by atoms with Crippen LogP contribution in [0.5, 0.6) is 0 Å². The molecule has 0 spiro atoms. The molecule has 4 nitrogen and oxygen atoms in total. The molecule has 1 aromatic rings. The van der Waals surface area contributed by atoms with E-state index in [1.54, 1.807) is 10.9 Å². The molecule has 100 valence electrons. The molecule has 1 unspecified atom stereocenters. The Hall–Kier alpha value is -0.840. The number of hydrogen-bond acceptors (Lipinski definition) is 2. The minimum Gasteiger partial charge on any atom is -0.352 e. The first kappa shape index (κ1) is 13.6. The molecular weight excluding hydrogens is 294 g/mol. The number of nitrogens with one attached hydrogen (secondary N) is 1. The minimum absolute atomic E-state index is 0.0671. The van der Waals surface area contributed by atoms with E-state index in [0.29, 0.717) is 6.04 Å². The van der Waals surface area contributed by atoms with Crippen LogP contribution < -0.4 is 5.32 Å². The number of halogens is 1. The van der Waals surface area contributed by atoms with Gasteiger partial charge in [-0.1, -0.05) is 25.7 Å². The molecule has 1 heterocycles. The second-order valence-corrected chi connectivity index (χ2v) is 5.93. The molecule has 1 amide bonds. The summed E-state index contributed by atoms with van der Waals surface area (Å²) in [5.74, 6) is 0.0671. The normalized spacial score (nSPS) is 19.2. The van der Waals surface area contributed by atoms with Crippen molar-refractivity contribution in [2.24, 2.45) is 0 Å². The van der Waals surface area contributed by atoms with Crippen LogP contribution in [0.25, 0.3) is 0 Å². The van der Waals surface area contributed by atoms with Gasteiger partial charge in [0.2, 0.25) is 5.91 Å². The van der Waals surface area contributed by atoms with Gasteiger partial charge in [-0.05, 0) is 35.7 Å². The van der Waals surface area contributed by atoms with E-state index < -0.39 is 0 Å². The quantitative estimate of drug-likeness (QED) is 0.872. The first-order chi connectivity index (χ1) is 8.66. The standard InChI is InChI=1S/C13H20BrN3O/c1-10(17-9-11(14)8-15-17)13(18)16-12-6-4-2-3-5-7-12/h8-10,12H,2-7H2,1H3,(H,16,18). The van der Waals surface area contributed by atoms with Crippen LogP contribution in [0, 0.1) is 0 Å². The summed E-state index contributed by atoms with van der Waals surface area (Å²) in [6, 6.07) is 0.0982. The molecule has 1 aliphatic carbocycles. The van der Waals surface area contributed by atoms with E-state index in [0.717, 1.165) is 17.3 Å². The fourth-order valence-electron chi connectivity index (χ4n) is 2.39. The molecule has 18 heavy (non-hydrogen) atoms. The van der Waals surface area contributed by atoms with Crippen molar-refractivity contribution < 1.29 is 4.79 Å². The third-order valence-electron chi connectivity index (χ3n) is 3.55. The number of carbonyl (C=O) groups excluding carboxylic acids is 1. The SMILES string of the molecule is CC(C(=O)NC1CCCCCC1)n1cc(Br)cn1. The summed E-state index contributed by atoms with van der Waals surface area (Å²) in [6.45, 7) is 1.88. The van der Waals surface area contributed by atoms with E-state index in [-0.39, 0.29) is 11.9 Å². The summed E-state index contributed by atoms with van der Waals surface area (Å²) in [5, 5.41) is 7.31. The van der Waals surface area contributed by atoms with Crippen molar-refractivity contribution in [2.45, 2.75) is 57.5 Å². The molecule has 1 saturated carbocycles. The smallest absolute Gasteiger partial charge is 0.244 e. The Kier molecular flexibility index (Phi) is 4.80. The van der Waals surface area contributed by atoms with Crippen molar-refractivity contribution in [2.75, 3.05) is 0 Å². The van der Waals surface area contributed by atoms with E-state index >= 15 is 0 Å². The Balaban J connectivity index is 1.90. The molecule has 0 bridgehead atoms. The molecule has 0 saturated heterocycles. The molecule has 1 N–H and O–H groups in total. The van der Waals surface area contributed by atoms with Gasteiger partial charge in [-0.25, -0.2) is 0 Å². The third-order valence-corrected chi connectivity index (χ3v) is 3.96. The lowest BCUT2D eigenvalue weighted by Gasteiger charge is -2.19. The van der Waals surface area contributed by atoms with Crippen LogP contribution in [0.1, 0.15) is 51.5 Å². The second kappa shape index (κ2) is 6.36. The molecule has 0 aromatic carbocycles. The van der Waals surface area contributed by atoms with Gasteiger partial charge in [0.25, 0.3) is 0 Å². The van der Waals surface area contributed by atoms with Crippen LogP contribution in [-0.2, 0) is 4.79 Å². The molecular formula is C13H20BrN3O. The maximum atomic E-state index is 12.1. The van der Waals surface area contributed by atoms with Crippen molar-refractivity contribution >= 4 is 21.8 Å². The zero-order valence-corrected chi connectivity index (χ0v) is 12.3. The number of aromatic nitrogens is 2. The summed E-state index contributed by atoms with van der Waals surface area (Å²) in [7, 11) is 0. The van der Waals surface area contributed by atoms with Crippen molar-refractivity contribution in [3.8, 4) is 0 Å². The fraction of sp³-hybridized carbons (Fsp3) is 0.692. The van der Waals surface area contributed by atoms with Gasteiger partial charge in [0.05, 0.1) is 10.7 Å². The van der Waals surface area contributed by atoms with Crippen LogP contribution in [-0.4, -0.2) is 21.7 Å². The Bertz CT molecular complexity index is 397. The molecule has 1 aliphatic rings. The summed E-state index contributed by atoms with van der Waals surface area (Å²) in [5.41, 5.74) is 0. The molecule has 1 fully saturated rings. The van der Waals surface area contributed by atoms with E-state index in [4.69, 9.17) is 0 Å². The maximum absolute atomic E-state index is 12.1. The van der Waals surface area contributed by atoms with Crippen LogP contribution in [0.4, 0.5) is 0 Å². The van der Waals surface area contributed by atoms with E-state index in [9.17, 15) is 4.79 Å². The minimum atomic E-state index is -0.250. The highest BCUT2D eigenvalue weighted by atomic mass is 79.9. The van der Waals surface area contributed by atoms with Gasteiger partial charge in [0, 0.05) is 12.2 Å². The Labute approximate surface area is 116 Å². The summed E-state index contributed by atoms with van der Waals surface area (Å²) < 4.78 is 2.59. The molecule has 1 atom stereocenters. The van der Waals surface area contributed by atoms with Gasteiger partial charge in [-0.15, -0.1) is 0 Å². The van der Waals surface area contributed by atoms with E-state index in [1.807, 2.05) is 13.1 Å². The number of nitrogens with zero attached hydrogens (tertiary/aromatic N) is 2. The topological polar surface area (TPSA) is 46.9 Å². The van der Waals surface area contributed by atoms with Gasteiger partial charge in [0.15, 0.2) is 0 Å². The van der Waals surface area contributed by atoms with Gasteiger partial charge in [-0.2, -0.15) is 5.10 Å². The highest BCUT2D eigenvalue weighted by molar-refractivity contribution is 9.10. The lowest BCUT2D eigenvalue weighted by molar-refractivity contribution is -0.124. The number of hydrogen-bond donors (Lipinski definition) is 1. The predicted molar refractivity (Wildman–Crippen MR) is 74.3 cm³/mol. The molecule has 1 aromatic heterocycles. The van der Waals surface area contributed by atoms with Crippen LogP contribution in [0.15, 0.2) is 16.9 Å². The lowest BCUT2D eigenvalue weighted by atomic mass is 10.1. The van der Waals surface area contributed by atoms with Crippen LogP contribution in [0.2, 0.25) is 0 Å². The number of amides is 1. The maximum Gasteiger partial charge on any atom is 0.244 e. The molecule has 2 rings (SSSR count). The monoisotopic (exact) mass is 313 g/mol. The number of rotatable bonds is 3. The van der Waals surface area contributed by atoms with Gasteiger partial charge in [-0.3, -0.25) is 9.48 Å².